The molecule has 0 aliphatic carbocycles. The Balaban J connectivity index is 2.65. The van der Waals surface area contributed by atoms with Crippen LogP contribution in [0.2, 0.25) is 0 Å². The fourth-order valence-electron chi connectivity index (χ4n) is 0.988. The van der Waals surface area contributed by atoms with E-state index in [2.05, 4.69) is 27.1 Å². The van der Waals surface area contributed by atoms with Gasteiger partial charge in [-0.15, -0.1) is 5.10 Å². The van der Waals surface area contributed by atoms with Crippen molar-refractivity contribution in [3.63, 3.8) is 0 Å². The zero-order valence-corrected chi connectivity index (χ0v) is 9.01. The molecule has 1 heterocycles. The second-order valence-corrected chi connectivity index (χ2v) is 3.75. The number of aromatic nitrogens is 4. The van der Waals surface area contributed by atoms with Gasteiger partial charge in [-0.3, -0.25) is 0 Å². The van der Waals surface area contributed by atoms with Crippen LogP contribution in [0.5, 0.6) is 0 Å². The Bertz CT molecular complexity index is 249. The van der Waals surface area contributed by atoms with Gasteiger partial charge in [-0.25, -0.2) is 4.68 Å². The lowest BCUT2D eigenvalue weighted by Crippen LogP contribution is -2.19. The van der Waals surface area contributed by atoms with Crippen molar-refractivity contribution >= 4 is 11.8 Å². The molecule has 13 heavy (non-hydrogen) atoms. The average molecular weight is 201 g/mol. The molecular weight excluding hydrogens is 186 g/mol. The van der Waals surface area contributed by atoms with Gasteiger partial charge >= 0.3 is 0 Å². The van der Waals surface area contributed by atoms with Crippen LogP contribution in [-0.4, -0.2) is 39.3 Å². The van der Waals surface area contributed by atoms with E-state index in [0.717, 1.165) is 18.1 Å². The molecule has 74 valence electrons. The number of hydrogen-bond acceptors (Lipinski definition) is 5. The van der Waals surface area contributed by atoms with Crippen LogP contribution < -0.4 is 5.32 Å². The molecule has 0 aliphatic rings. The van der Waals surface area contributed by atoms with Gasteiger partial charge in [0.25, 0.3) is 0 Å². The highest BCUT2D eigenvalue weighted by Crippen LogP contribution is 2.06. The van der Waals surface area contributed by atoms with Crippen LogP contribution in [0.4, 0.5) is 0 Å². The van der Waals surface area contributed by atoms with E-state index in [1.165, 1.54) is 0 Å². The molecule has 0 spiro atoms. The Morgan fingerprint density at radius 3 is 3.00 bits per heavy atom. The fourth-order valence-corrected chi connectivity index (χ4v) is 1.34. The first kappa shape index (κ1) is 10.5. The number of nitrogens with zero attached hydrogens (tertiary/aromatic N) is 4. The average Bonchev–Trinajstić information content (AvgIpc) is 2.61. The largest absolute Gasteiger partial charge is 0.311 e. The van der Waals surface area contributed by atoms with Crippen LogP contribution in [0.15, 0.2) is 0 Å². The number of aryl methyl sites for hydroxylation is 1. The molecule has 0 radical (unpaired) electrons. The van der Waals surface area contributed by atoms with Gasteiger partial charge in [0.15, 0.2) is 5.82 Å². The van der Waals surface area contributed by atoms with E-state index in [1.54, 1.807) is 11.8 Å². The number of thioether (sulfide) groups is 1. The molecule has 0 aliphatic heterocycles. The monoisotopic (exact) mass is 201 g/mol. The molecule has 1 atom stereocenters. The molecule has 6 heteroatoms. The summed E-state index contributed by atoms with van der Waals surface area (Å²) >= 11 is 1.79. The highest BCUT2D eigenvalue weighted by Gasteiger charge is 2.11. The lowest BCUT2D eigenvalue weighted by molar-refractivity contribution is 0.532. The molecular formula is C7H15N5S. The van der Waals surface area contributed by atoms with E-state index < -0.39 is 0 Å². The van der Waals surface area contributed by atoms with E-state index in [0.29, 0.717) is 0 Å². The summed E-state index contributed by atoms with van der Waals surface area (Å²) in [6, 6.07) is 0.205. The normalized spacial score (nSPS) is 13.2. The summed E-state index contributed by atoms with van der Waals surface area (Å²) in [6.07, 6.45) is 2.07. The van der Waals surface area contributed by atoms with Gasteiger partial charge in [-0.1, -0.05) is 0 Å². The Morgan fingerprint density at radius 1 is 1.62 bits per heavy atom. The molecule has 0 bridgehead atoms. The first-order valence-electron chi connectivity index (χ1n) is 4.22. The zero-order chi connectivity index (χ0) is 9.68. The third-order valence-corrected chi connectivity index (χ3v) is 2.48. The quantitative estimate of drug-likeness (QED) is 0.743. The molecule has 1 rings (SSSR count). The molecule has 1 unspecified atom stereocenters. The highest BCUT2D eigenvalue weighted by atomic mass is 32.2. The SMILES string of the molecule is CNC(C)c1nnnn1CCSC. The van der Waals surface area contributed by atoms with Crippen LogP contribution >= 0.6 is 11.8 Å². The third kappa shape index (κ3) is 2.67. The number of nitrogens with one attached hydrogen (secondary N) is 1. The fraction of sp³-hybridized carbons (Fsp3) is 0.857. The van der Waals surface area contributed by atoms with E-state index >= 15 is 0 Å². The van der Waals surface area contributed by atoms with E-state index in [4.69, 9.17) is 0 Å². The third-order valence-electron chi connectivity index (χ3n) is 1.89. The van der Waals surface area contributed by atoms with Gasteiger partial charge in [0, 0.05) is 5.75 Å². The Labute approximate surface area is 82.3 Å². The molecule has 1 aromatic heterocycles. The van der Waals surface area contributed by atoms with Crippen molar-refractivity contribution in [3.05, 3.63) is 5.82 Å². The van der Waals surface area contributed by atoms with Crippen molar-refractivity contribution in [1.82, 2.24) is 25.5 Å². The molecule has 0 saturated carbocycles. The van der Waals surface area contributed by atoms with Crippen molar-refractivity contribution in [2.75, 3.05) is 19.1 Å². The topological polar surface area (TPSA) is 55.6 Å². The van der Waals surface area contributed by atoms with E-state index in [9.17, 15) is 0 Å². The maximum atomic E-state index is 3.97. The zero-order valence-electron chi connectivity index (χ0n) is 8.19. The number of tetrazole rings is 1. The van der Waals surface area contributed by atoms with Crippen molar-refractivity contribution < 1.29 is 0 Å². The highest BCUT2D eigenvalue weighted by molar-refractivity contribution is 7.98. The standard InChI is InChI=1S/C7H15N5S/c1-6(8-2)7-9-10-11-12(7)4-5-13-3/h6,8H,4-5H2,1-3H3. The Morgan fingerprint density at radius 2 is 2.38 bits per heavy atom. The van der Waals surface area contributed by atoms with Gasteiger partial charge in [0.1, 0.15) is 0 Å². The summed E-state index contributed by atoms with van der Waals surface area (Å²) in [5, 5.41) is 14.7. The van der Waals surface area contributed by atoms with Crippen LogP contribution in [0, 0.1) is 0 Å². The van der Waals surface area contributed by atoms with Crippen molar-refractivity contribution in [3.8, 4) is 0 Å². The van der Waals surface area contributed by atoms with Crippen molar-refractivity contribution in [2.24, 2.45) is 0 Å². The second-order valence-electron chi connectivity index (χ2n) is 2.76. The summed E-state index contributed by atoms with van der Waals surface area (Å²) in [4.78, 5) is 0. The molecule has 0 fully saturated rings. The summed E-state index contributed by atoms with van der Waals surface area (Å²) in [7, 11) is 1.90. The molecule has 5 nitrogen and oxygen atoms in total. The summed E-state index contributed by atoms with van der Waals surface area (Å²) in [5.41, 5.74) is 0. The lowest BCUT2D eigenvalue weighted by atomic mass is 10.3. The second kappa shape index (κ2) is 5.18. The van der Waals surface area contributed by atoms with Crippen LogP contribution in [0.3, 0.4) is 0 Å². The Hall–Kier alpha value is -0.620. The van der Waals surface area contributed by atoms with Gasteiger partial charge in [0.05, 0.1) is 12.6 Å². The maximum absolute atomic E-state index is 3.97. The molecule has 1 aromatic rings. The summed E-state index contributed by atoms with van der Waals surface area (Å²) in [6.45, 7) is 2.91. The Kier molecular flexibility index (Phi) is 4.17. The smallest absolute Gasteiger partial charge is 0.167 e. The van der Waals surface area contributed by atoms with Crippen molar-refractivity contribution in [1.29, 1.82) is 0 Å². The molecule has 0 aromatic carbocycles. The van der Waals surface area contributed by atoms with Crippen LogP contribution in [0.1, 0.15) is 18.8 Å². The molecule has 1 N–H and O–H groups in total. The molecule has 0 amide bonds. The first-order valence-corrected chi connectivity index (χ1v) is 5.61. The lowest BCUT2D eigenvalue weighted by Gasteiger charge is -2.09. The summed E-state index contributed by atoms with van der Waals surface area (Å²) in [5.74, 6) is 1.94. The van der Waals surface area contributed by atoms with Gasteiger partial charge in [-0.2, -0.15) is 11.8 Å². The minimum Gasteiger partial charge on any atom is -0.311 e. The van der Waals surface area contributed by atoms with Crippen molar-refractivity contribution in [2.45, 2.75) is 19.5 Å². The van der Waals surface area contributed by atoms with Gasteiger partial charge < -0.3 is 5.32 Å². The summed E-state index contributed by atoms with van der Waals surface area (Å²) < 4.78 is 1.84. The minimum absolute atomic E-state index is 0.205. The number of hydrogen-bond donors (Lipinski definition) is 1. The predicted octanol–water partition coefficient (Wildman–Crippen LogP) is 0.316. The minimum atomic E-state index is 0.205. The molecule has 0 saturated heterocycles. The first-order chi connectivity index (χ1) is 6.29. The van der Waals surface area contributed by atoms with Gasteiger partial charge in [0.2, 0.25) is 0 Å². The van der Waals surface area contributed by atoms with E-state index in [1.807, 2.05) is 18.7 Å². The number of rotatable bonds is 5. The predicted molar refractivity (Wildman–Crippen MR) is 53.7 cm³/mol. The van der Waals surface area contributed by atoms with Gasteiger partial charge in [-0.05, 0) is 30.7 Å². The van der Waals surface area contributed by atoms with Crippen LogP contribution in [0.25, 0.3) is 0 Å². The van der Waals surface area contributed by atoms with Crippen LogP contribution in [-0.2, 0) is 6.54 Å². The van der Waals surface area contributed by atoms with E-state index in [-0.39, 0.29) is 6.04 Å². The maximum Gasteiger partial charge on any atom is 0.167 e.